The summed E-state index contributed by atoms with van der Waals surface area (Å²) in [6, 6.07) is 5.27. The Kier molecular flexibility index (Phi) is 3.03. The average Bonchev–Trinajstić information content (AvgIpc) is 2.13. The molecule has 0 heterocycles. The van der Waals surface area contributed by atoms with E-state index in [4.69, 9.17) is 5.11 Å². The SMILES string of the molecule is Cc1cc(F)ccc1CNC1CC(O)C1. The largest absolute Gasteiger partial charge is 0.393 e. The van der Waals surface area contributed by atoms with E-state index in [1.165, 1.54) is 6.07 Å². The van der Waals surface area contributed by atoms with Gasteiger partial charge in [0.25, 0.3) is 0 Å². The maximum Gasteiger partial charge on any atom is 0.123 e. The molecule has 1 aromatic carbocycles. The van der Waals surface area contributed by atoms with Gasteiger partial charge in [0.05, 0.1) is 6.10 Å². The van der Waals surface area contributed by atoms with Crippen molar-refractivity contribution in [1.29, 1.82) is 0 Å². The molecule has 0 radical (unpaired) electrons. The van der Waals surface area contributed by atoms with Crippen LogP contribution in [-0.2, 0) is 6.54 Å². The number of aryl methyl sites for hydroxylation is 1. The lowest BCUT2D eigenvalue weighted by atomic mass is 9.89. The Balaban J connectivity index is 1.88. The second-order valence-electron chi connectivity index (χ2n) is 4.27. The van der Waals surface area contributed by atoms with Gasteiger partial charge in [-0.1, -0.05) is 6.07 Å². The molecule has 2 nitrogen and oxygen atoms in total. The van der Waals surface area contributed by atoms with Gasteiger partial charge in [0.2, 0.25) is 0 Å². The zero-order valence-electron chi connectivity index (χ0n) is 8.83. The van der Waals surface area contributed by atoms with Gasteiger partial charge in [-0.05, 0) is 43.0 Å². The molecule has 1 fully saturated rings. The summed E-state index contributed by atoms with van der Waals surface area (Å²) in [4.78, 5) is 0. The first kappa shape index (κ1) is 10.6. The van der Waals surface area contributed by atoms with Crippen molar-refractivity contribution in [2.45, 2.75) is 38.5 Å². The fourth-order valence-corrected chi connectivity index (χ4v) is 1.87. The Morgan fingerprint density at radius 1 is 1.47 bits per heavy atom. The number of benzene rings is 1. The number of aliphatic hydroxyl groups is 1. The molecule has 1 aliphatic rings. The molecule has 0 bridgehead atoms. The van der Waals surface area contributed by atoms with E-state index in [-0.39, 0.29) is 11.9 Å². The van der Waals surface area contributed by atoms with E-state index in [0.29, 0.717) is 6.04 Å². The van der Waals surface area contributed by atoms with Crippen molar-refractivity contribution in [1.82, 2.24) is 5.32 Å². The van der Waals surface area contributed by atoms with E-state index in [1.54, 1.807) is 6.07 Å². The maximum absolute atomic E-state index is 12.8. The minimum absolute atomic E-state index is 0.128. The topological polar surface area (TPSA) is 32.3 Å². The lowest BCUT2D eigenvalue weighted by molar-refractivity contribution is 0.0619. The maximum atomic E-state index is 12.8. The Labute approximate surface area is 89.1 Å². The fourth-order valence-electron chi connectivity index (χ4n) is 1.87. The van der Waals surface area contributed by atoms with E-state index < -0.39 is 0 Å². The molecule has 2 rings (SSSR count). The average molecular weight is 209 g/mol. The van der Waals surface area contributed by atoms with Crippen LogP contribution in [0.15, 0.2) is 18.2 Å². The minimum Gasteiger partial charge on any atom is -0.393 e. The van der Waals surface area contributed by atoms with Gasteiger partial charge in [-0.25, -0.2) is 4.39 Å². The third kappa shape index (κ3) is 2.55. The summed E-state index contributed by atoms with van der Waals surface area (Å²) in [5, 5.41) is 12.5. The van der Waals surface area contributed by atoms with Crippen LogP contribution in [0.25, 0.3) is 0 Å². The molecule has 0 aliphatic heterocycles. The highest BCUT2D eigenvalue weighted by molar-refractivity contribution is 5.26. The molecule has 0 unspecified atom stereocenters. The predicted molar refractivity (Wildman–Crippen MR) is 57.0 cm³/mol. The Hall–Kier alpha value is -0.930. The van der Waals surface area contributed by atoms with Gasteiger partial charge in [0.1, 0.15) is 5.82 Å². The normalized spacial score (nSPS) is 25.0. The summed E-state index contributed by atoms with van der Waals surface area (Å²) in [7, 11) is 0. The summed E-state index contributed by atoms with van der Waals surface area (Å²) in [6.07, 6.45) is 1.54. The van der Waals surface area contributed by atoms with Crippen molar-refractivity contribution in [2.75, 3.05) is 0 Å². The molecule has 1 aromatic rings. The van der Waals surface area contributed by atoms with Crippen molar-refractivity contribution in [2.24, 2.45) is 0 Å². The van der Waals surface area contributed by atoms with Crippen LogP contribution in [0, 0.1) is 12.7 Å². The van der Waals surface area contributed by atoms with Crippen LogP contribution < -0.4 is 5.32 Å². The second kappa shape index (κ2) is 4.29. The quantitative estimate of drug-likeness (QED) is 0.795. The van der Waals surface area contributed by atoms with Gasteiger partial charge >= 0.3 is 0 Å². The Morgan fingerprint density at radius 2 is 2.20 bits per heavy atom. The van der Waals surface area contributed by atoms with Gasteiger partial charge in [-0.3, -0.25) is 0 Å². The minimum atomic E-state index is -0.185. The molecular weight excluding hydrogens is 193 g/mol. The van der Waals surface area contributed by atoms with Crippen LogP contribution in [0.1, 0.15) is 24.0 Å². The molecule has 0 atom stereocenters. The van der Waals surface area contributed by atoms with Crippen LogP contribution in [0.2, 0.25) is 0 Å². The highest BCUT2D eigenvalue weighted by Crippen LogP contribution is 2.20. The highest BCUT2D eigenvalue weighted by Gasteiger charge is 2.26. The molecule has 0 aromatic heterocycles. The van der Waals surface area contributed by atoms with E-state index in [9.17, 15) is 4.39 Å². The van der Waals surface area contributed by atoms with Crippen LogP contribution >= 0.6 is 0 Å². The van der Waals surface area contributed by atoms with Crippen molar-refractivity contribution in [3.8, 4) is 0 Å². The lowest BCUT2D eigenvalue weighted by Gasteiger charge is -2.32. The van der Waals surface area contributed by atoms with Crippen molar-refractivity contribution < 1.29 is 9.50 Å². The molecular formula is C12H16FNO. The van der Waals surface area contributed by atoms with Crippen LogP contribution in [0.3, 0.4) is 0 Å². The molecule has 82 valence electrons. The lowest BCUT2D eigenvalue weighted by Crippen LogP contribution is -2.43. The molecule has 0 saturated heterocycles. The van der Waals surface area contributed by atoms with Gasteiger partial charge in [-0.15, -0.1) is 0 Å². The summed E-state index contributed by atoms with van der Waals surface area (Å²) < 4.78 is 12.8. The standard InChI is InChI=1S/C12H16FNO/c1-8-4-10(13)3-2-9(8)7-14-11-5-12(15)6-11/h2-4,11-12,14-15H,5-7H2,1H3. The van der Waals surface area contributed by atoms with Crippen molar-refractivity contribution >= 4 is 0 Å². The number of hydrogen-bond donors (Lipinski definition) is 2. The zero-order chi connectivity index (χ0) is 10.8. The number of halogens is 1. The van der Waals surface area contributed by atoms with Gasteiger partial charge in [0.15, 0.2) is 0 Å². The van der Waals surface area contributed by atoms with Crippen LogP contribution in [-0.4, -0.2) is 17.3 Å². The molecule has 0 spiro atoms. The third-order valence-electron chi connectivity index (χ3n) is 3.00. The summed E-state index contributed by atoms with van der Waals surface area (Å²) in [5.74, 6) is -0.185. The molecule has 3 heteroatoms. The van der Waals surface area contributed by atoms with E-state index in [0.717, 1.165) is 30.5 Å². The number of nitrogens with one attached hydrogen (secondary N) is 1. The Morgan fingerprint density at radius 3 is 2.80 bits per heavy atom. The fraction of sp³-hybridized carbons (Fsp3) is 0.500. The highest BCUT2D eigenvalue weighted by atomic mass is 19.1. The molecule has 0 amide bonds. The van der Waals surface area contributed by atoms with E-state index >= 15 is 0 Å². The molecule has 15 heavy (non-hydrogen) atoms. The van der Waals surface area contributed by atoms with Crippen LogP contribution in [0.4, 0.5) is 4.39 Å². The van der Waals surface area contributed by atoms with Gasteiger partial charge in [0, 0.05) is 12.6 Å². The number of aliphatic hydroxyl groups excluding tert-OH is 1. The first-order valence-corrected chi connectivity index (χ1v) is 5.31. The smallest absolute Gasteiger partial charge is 0.123 e. The van der Waals surface area contributed by atoms with Crippen molar-refractivity contribution in [3.63, 3.8) is 0 Å². The van der Waals surface area contributed by atoms with Crippen LogP contribution in [0.5, 0.6) is 0 Å². The number of rotatable bonds is 3. The summed E-state index contributed by atoms with van der Waals surface area (Å²) in [6.45, 7) is 2.67. The second-order valence-corrected chi connectivity index (χ2v) is 4.27. The van der Waals surface area contributed by atoms with Gasteiger partial charge in [-0.2, -0.15) is 0 Å². The monoisotopic (exact) mass is 209 g/mol. The van der Waals surface area contributed by atoms with E-state index in [2.05, 4.69) is 5.32 Å². The molecule has 2 N–H and O–H groups in total. The summed E-state index contributed by atoms with van der Waals surface area (Å²) >= 11 is 0. The summed E-state index contributed by atoms with van der Waals surface area (Å²) in [5.41, 5.74) is 2.10. The molecule has 1 saturated carbocycles. The first-order chi connectivity index (χ1) is 7.15. The van der Waals surface area contributed by atoms with E-state index in [1.807, 2.05) is 13.0 Å². The predicted octanol–water partition coefficient (Wildman–Crippen LogP) is 1.75. The first-order valence-electron chi connectivity index (χ1n) is 5.31. The van der Waals surface area contributed by atoms with Gasteiger partial charge < -0.3 is 10.4 Å². The third-order valence-corrected chi connectivity index (χ3v) is 3.00. The van der Waals surface area contributed by atoms with Crippen molar-refractivity contribution in [3.05, 3.63) is 35.1 Å². The zero-order valence-corrected chi connectivity index (χ0v) is 8.83. The Bertz CT molecular complexity index is 347. The number of hydrogen-bond acceptors (Lipinski definition) is 2. The molecule has 1 aliphatic carbocycles.